The van der Waals surface area contributed by atoms with Crippen LogP contribution in [0.4, 0.5) is 0 Å². The molecule has 0 radical (unpaired) electrons. The van der Waals surface area contributed by atoms with Crippen LogP contribution in [0.5, 0.6) is 0 Å². The Bertz CT molecular complexity index is 269. The van der Waals surface area contributed by atoms with E-state index in [-0.39, 0.29) is 5.54 Å². The van der Waals surface area contributed by atoms with E-state index in [1.165, 1.54) is 12.8 Å². The van der Waals surface area contributed by atoms with Crippen LogP contribution in [-0.2, 0) is 4.74 Å². The first kappa shape index (κ1) is 15.4. The Hall–Kier alpha value is -0.630. The highest BCUT2D eigenvalue weighted by Gasteiger charge is 2.25. The quantitative estimate of drug-likeness (QED) is 0.749. The van der Waals surface area contributed by atoms with Crippen molar-refractivity contribution in [1.29, 1.82) is 5.26 Å². The summed E-state index contributed by atoms with van der Waals surface area (Å²) in [5.41, 5.74) is -0.377. The molecule has 1 fully saturated rings. The predicted molar refractivity (Wildman–Crippen MR) is 73.4 cm³/mol. The third-order valence-corrected chi connectivity index (χ3v) is 3.85. The Labute approximate surface area is 111 Å². The number of hydrogen-bond donors (Lipinski definition) is 1. The molecule has 0 amide bonds. The Morgan fingerprint density at radius 2 is 2.11 bits per heavy atom. The van der Waals surface area contributed by atoms with E-state index in [0.29, 0.717) is 0 Å². The summed E-state index contributed by atoms with van der Waals surface area (Å²) in [6.07, 6.45) is 3.34. The van der Waals surface area contributed by atoms with Crippen LogP contribution in [0.25, 0.3) is 0 Å². The minimum absolute atomic E-state index is 0.377. The highest BCUT2D eigenvalue weighted by atomic mass is 16.5. The summed E-state index contributed by atoms with van der Waals surface area (Å²) in [4.78, 5) is 2.47. The van der Waals surface area contributed by atoms with Gasteiger partial charge < -0.3 is 9.64 Å². The van der Waals surface area contributed by atoms with Crippen molar-refractivity contribution in [2.75, 3.05) is 39.9 Å². The fraction of sp³-hybridized carbons (Fsp3) is 0.929. The van der Waals surface area contributed by atoms with E-state index in [9.17, 15) is 5.26 Å². The molecule has 0 aromatic heterocycles. The number of likely N-dealkylation sites (tertiary alicyclic amines) is 1. The van der Waals surface area contributed by atoms with Gasteiger partial charge in [0, 0.05) is 20.3 Å². The van der Waals surface area contributed by atoms with Gasteiger partial charge in [0.15, 0.2) is 0 Å². The van der Waals surface area contributed by atoms with E-state index < -0.39 is 0 Å². The smallest absolute Gasteiger partial charge is 0.105 e. The van der Waals surface area contributed by atoms with Crippen molar-refractivity contribution in [2.24, 2.45) is 5.92 Å². The molecule has 18 heavy (non-hydrogen) atoms. The molecule has 0 bridgehead atoms. The maximum absolute atomic E-state index is 9.21. The average molecular weight is 253 g/mol. The minimum Gasteiger partial charge on any atom is -0.384 e. The van der Waals surface area contributed by atoms with Gasteiger partial charge in [0.25, 0.3) is 0 Å². The number of nitrogens with one attached hydrogen (secondary N) is 1. The van der Waals surface area contributed by atoms with Gasteiger partial charge in [-0.3, -0.25) is 5.32 Å². The Kier molecular flexibility index (Phi) is 6.62. The van der Waals surface area contributed by atoms with Gasteiger partial charge in [-0.1, -0.05) is 6.92 Å². The molecule has 1 atom stereocenters. The van der Waals surface area contributed by atoms with Crippen LogP contribution in [0.3, 0.4) is 0 Å². The zero-order valence-electron chi connectivity index (χ0n) is 12.0. The summed E-state index contributed by atoms with van der Waals surface area (Å²) in [6.45, 7) is 9.07. The van der Waals surface area contributed by atoms with Crippen molar-refractivity contribution in [2.45, 2.75) is 38.6 Å². The van der Waals surface area contributed by atoms with E-state index in [1.807, 2.05) is 13.8 Å². The molecule has 0 aliphatic carbocycles. The lowest BCUT2D eigenvalue weighted by molar-refractivity contribution is 0.0967. The molecule has 1 N–H and O–H groups in total. The van der Waals surface area contributed by atoms with Gasteiger partial charge in [-0.2, -0.15) is 5.26 Å². The summed E-state index contributed by atoms with van der Waals surface area (Å²) >= 11 is 0. The normalized spacial score (nSPS) is 21.4. The Morgan fingerprint density at radius 1 is 1.44 bits per heavy atom. The van der Waals surface area contributed by atoms with Crippen LogP contribution in [0.2, 0.25) is 0 Å². The van der Waals surface area contributed by atoms with Crippen molar-refractivity contribution in [3.8, 4) is 6.07 Å². The van der Waals surface area contributed by atoms with Gasteiger partial charge in [-0.05, 0) is 51.7 Å². The average Bonchev–Trinajstić information content (AvgIpc) is 2.39. The van der Waals surface area contributed by atoms with Gasteiger partial charge in [0.1, 0.15) is 5.54 Å². The van der Waals surface area contributed by atoms with Crippen molar-refractivity contribution in [3.05, 3.63) is 0 Å². The molecule has 0 saturated carbocycles. The highest BCUT2D eigenvalue weighted by Crippen LogP contribution is 2.18. The molecule has 1 aliphatic heterocycles. The molecule has 1 aliphatic rings. The molecule has 104 valence electrons. The monoisotopic (exact) mass is 253 g/mol. The number of hydrogen-bond acceptors (Lipinski definition) is 4. The van der Waals surface area contributed by atoms with E-state index in [4.69, 9.17) is 4.74 Å². The van der Waals surface area contributed by atoms with Crippen molar-refractivity contribution >= 4 is 0 Å². The lowest BCUT2D eigenvalue weighted by atomic mass is 9.95. The van der Waals surface area contributed by atoms with Gasteiger partial charge in [0.2, 0.25) is 0 Å². The standard InChI is InChI=1S/C14H27N3O/c1-4-16-14(2,12-15)7-10-17-8-5-13(6-9-17)11-18-3/h13,16H,4-11H2,1-3H3. The van der Waals surface area contributed by atoms with E-state index >= 15 is 0 Å². The molecule has 1 heterocycles. The topological polar surface area (TPSA) is 48.3 Å². The minimum atomic E-state index is -0.377. The second-order valence-corrected chi connectivity index (χ2v) is 5.46. The van der Waals surface area contributed by atoms with Crippen LogP contribution < -0.4 is 5.32 Å². The zero-order valence-corrected chi connectivity index (χ0v) is 12.0. The molecule has 4 nitrogen and oxygen atoms in total. The molecule has 0 aromatic rings. The largest absolute Gasteiger partial charge is 0.384 e. The Balaban J connectivity index is 2.27. The zero-order chi connectivity index (χ0) is 13.4. The van der Waals surface area contributed by atoms with Crippen molar-refractivity contribution in [1.82, 2.24) is 10.2 Å². The SMILES string of the molecule is CCNC(C)(C#N)CCN1CCC(COC)CC1. The molecule has 1 rings (SSSR count). The maximum atomic E-state index is 9.21. The number of methoxy groups -OCH3 is 1. The number of nitriles is 1. The van der Waals surface area contributed by atoms with Crippen LogP contribution >= 0.6 is 0 Å². The summed E-state index contributed by atoms with van der Waals surface area (Å²) in [7, 11) is 1.78. The van der Waals surface area contributed by atoms with E-state index in [2.05, 4.69) is 16.3 Å². The number of nitrogens with zero attached hydrogens (tertiary/aromatic N) is 2. The van der Waals surface area contributed by atoms with Crippen LogP contribution in [0, 0.1) is 17.2 Å². The fourth-order valence-electron chi connectivity index (χ4n) is 2.57. The first-order valence-electron chi connectivity index (χ1n) is 7.01. The summed E-state index contributed by atoms with van der Waals surface area (Å²) in [5.74, 6) is 0.724. The second-order valence-electron chi connectivity index (χ2n) is 5.46. The van der Waals surface area contributed by atoms with Crippen molar-refractivity contribution in [3.63, 3.8) is 0 Å². The summed E-state index contributed by atoms with van der Waals surface area (Å²) in [5, 5.41) is 12.5. The van der Waals surface area contributed by atoms with E-state index in [1.54, 1.807) is 7.11 Å². The summed E-state index contributed by atoms with van der Waals surface area (Å²) < 4.78 is 5.21. The highest BCUT2D eigenvalue weighted by molar-refractivity contribution is 5.03. The molecule has 1 unspecified atom stereocenters. The number of ether oxygens (including phenoxy) is 1. The maximum Gasteiger partial charge on any atom is 0.105 e. The molecular formula is C14H27N3O. The lowest BCUT2D eigenvalue weighted by Crippen LogP contribution is -2.45. The van der Waals surface area contributed by atoms with Crippen LogP contribution in [-0.4, -0.2) is 50.3 Å². The van der Waals surface area contributed by atoms with Gasteiger partial charge in [-0.25, -0.2) is 0 Å². The summed E-state index contributed by atoms with van der Waals surface area (Å²) in [6, 6.07) is 2.39. The first-order valence-corrected chi connectivity index (χ1v) is 7.01. The second kappa shape index (κ2) is 7.73. The number of piperidine rings is 1. The third-order valence-electron chi connectivity index (χ3n) is 3.85. The van der Waals surface area contributed by atoms with Crippen molar-refractivity contribution < 1.29 is 4.74 Å². The van der Waals surface area contributed by atoms with E-state index in [0.717, 1.165) is 45.1 Å². The Morgan fingerprint density at radius 3 is 2.61 bits per heavy atom. The van der Waals surface area contributed by atoms with Gasteiger partial charge in [0.05, 0.1) is 6.07 Å². The van der Waals surface area contributed by atoms with Crippen LogP contribution in [0.1, 0.15) is 33.1 Å². The molecule has 1 saturated heterocycles. The third kappa shape index (κ3) is 4.93. The van der Waals surface area contributed by atoms with Gasteiger partial charge in [-0.15, -0.1) is 0 Å². The van der Waals surface area contributed by atoms with Gasteiger partial charge >= 0.3 is 0 Å². The fourth-order valence-corrected chi connectivity index (χ4v) is 2.57. The molecular weight excluding hydrogens is 226 g/mol. The molecule has 4 heteroatoms. The lowest BCUT2D eigenvalue weighted by Gasteiger charge is -2.33. The number of rotatable bonds is 7. The predicted octanol–water partition coefficient (Wildman–Crippen LogP) is 1.63. The van der Waals surface area contributed by atoms with Crippen LogP contribution in [0.15, 0.2) is 0 Å². The molecule has 0 spiro atoms. The molecule has 0 aromatic carbocycles. The first-order chi connectivity index (χ1) is 8.63.